The first kappa shape index (κ1) is 17.4. The van der Waals surface area contributed by atoms with Gasteiger partial charge < -0.3 is 10.0 Å². The average molecular weight is 375 g/mol. The van der Waals surface area contributed by atoms with Crippen LogP contribution >= 0.6 is 39.5 Å². The van der Waals surface area contributed by atoms with Gasteiger partial charge in [-0.3, -0.25) is 0 Å². The SMILES string of the molecule is CSc1ncc(B(O)O)cn1.CSc1ncc(Br)cn1. The van der Waals surface area contributed by atoms with E-state index < -0.39 is 7.12 Å². The van der Waals surface area contributed by atoms with Crippen molar-refractivity contribution in [2.45, 2.75) is 10.3 Å². The first-order valence-corrected chi connectivity index (χ1v) is 8.54. The number of halogens is 1. The Morgan fingerprint density at radius 2 is 1.30 bits per heavy atom. The van der Waals surface area contributed by atoms with E-state index in [1.807, 2.05) is 12.5 Å². The van der Waals surface area contributed by atoms with Crippen LogP contribution in [0.3, 0.4) is 0 Å². The van der Waals surface area contributed by atoms with E-state index >= 15 is 0 Å². The van der Waals surface area contributed by atoms with Gasteiger partial charge in [-0.1, -0.05) is 23.5 Å². The van der Waals surface area contributed by atoms with Crippen LogP contribution < -0.4 is 5.46 Å². The van der Waals surface area contributed by atoms with Gasteiger partial charge in [-0.25, -0.2) is 19.9 Å². The lowest BCUT2D eigenvalue weighted by Crippen LogP contribution is -2.30. The summed E-state index contributed by atoms with van der Waals surface area (Å²) in [5.41, 5.74) is 0.308. The van der Waals surface area contributed by atoms with Gasteiger partial charge >= 0.3 is 7.12 Å². The molecule has 0 unspecified atom stereocenters. The lowest BCUT2D eigenvalue weighted by Gasteiger charge is -1.97. The van der Waals surface area contributed by atoms with Crippen molar-refractivity contribution in [2.24, 2.45) is 0 Å². The van der Waals surface area contributed by atoms with Gasteiger partial charge in [0, 0.05) is 30.3 Å². The first-order chi connectivity index (χ1) is 9.56. The second-order valence-corrected chi connectivity index (χ2v) is 5.73. The molecule has 0 bridgehead atoms. The van der Waals surface area contributed by atoms with E-state index in [9.17, 15) is 0 Å². The molecule has 0 aliphatic heterocycles. The van der Waals surface area contributed by atoms with Crippen molar-refractivity contribution in [3.05, 3.63) is 29.3 Å². The highest BCUT2D eigenvalue weighted by Crippen LogP contribution is 2.10. The summed E-state index contributed by atoms with van der Waals surface area (Å²) in [6.45, 7) is 0. The molecule has 6 nitrogen and oxygen atoms in total. The second-order valence-electron chi connectivity index (χ2n) is 3.26. The maximum absolute atomic E-state index is 8.66. The molecule has 0 aliphatic carbocycles. The topological polar surface area (TPSA) is 92.0 Å². The van der Waals surface area contributed by atoms with E-state index in [4.69, 9.17) is 10.0 Å². The van der Waals surface area contributed by atoms with Gasteiger partial charge in [0.15, 0.2) is 10.3 Å². The fraction of sp³-hybridized carbons (Fsp3) is 0.200. The molecule has 2 aromatic heterocycles. The molecule has 2 aromatic rings. The molecule has 2 heterocycles. The Kier molecular flexibility index (Phi) is 8.08. The molecule has 106 valence electrons. The molecule has 0 saturated carbocycles. The van der Waals surface area contributed by atoms with Crippen molar-refractivity contribution in [3.63, 3.8) is 0 Å². The summed E-state index contributed by atoms with van der Waals surface area (Å²) in [6, 6.07) is 0. The Bertz CT molecular complexity index is 516. The van der Waals surface area contributed by atoms with Crippen molar-refractivity contribution in [3.8, 4) is 0 Å². The van der Waals surface area contributed by atoms with Crippen LogP contribution in [0.15, 0.2) is 39.6 Å². The zero-order valence-corrected chi connectivity index (χ0v) is 14.0. The highest BCUT2D eigenvalue weighted by molar-refractivity contribution is 9.10. The maximum atomic E-state index is 8.66. The number of aromatic nitrogens is 4. The third kappa shape index (κ3) is 6.18. The molecule has 0 atom stereocenters. The summed E-state index contributed by atoms with van der Waals surface area (Å²) < 4.78 is 0.917. The molecule has 0 saturated heterocycles. The van der Waals surface area contributed by atoms with Crippen LogP contribution in [0.1, 0.15) is 0 Å². The molecule has 0 aliphatic rings. The van der Waals surface area contributed by atoms with Crippen molar-refractivity contribution >= 4 is 52.0 Å². The van der Waals surface area contributed by atoms with Gasteiger partial charge in [-0.15, -0.1) is 0 Å². The monoisotopic (exact) mass is 374 g/mol. The maximum Gasteiger partial charge on any atom is 0.491 e. The predicted molar refractivity (Wildman–Crippen MR) is 85.2 cm³/mol. The molecule has 0 amide bonds. The summed E-state index contributed by atoms with van der Waals surface area (Å²) in [5, 5.41) is 18.7. The number of hydrogen-bond acceptors (Lipinski definition) is 8. The normalized spacial score (nSPS) is 9.65. The largest absolute Gasteiger partial charge is 0.491 e. The molecule has 0 aromatic carbocycles. The molecular weight excluding hydrogens is 363 g/mol. The highest BCUT2D eigenvalue weighted by atomic mass is 79.9. The average Bonchev–Trinajstić information content (AvgIpc) is 2.49. The number of thioether (sulfide) groups is 2. The fourth-order valence-corrected chi connectivity index (χ4v) is 1.81. The van der Waals surface area contributed by atoms with Crippen LogP contribution in [0.25, 0.3) is 0 Å². The minimum Gasteiger partial charge on any atom is -0.423 e. The number of rotatable bonds is 3. The number of nitrogens with zero attached hydrogens (tertiary/aromatic N) is 4. The van der Waals surface area contributed by atoms with Crippen LogP contribution in [0.2, 0.25) is 0 Å². The molecule has 0 spiro atoms. The van der Waals surface area contributed by atoms with Crippen molar-refractivity contribution in [2.75, 3.05) is 12.5 Å². The first-order valence-electron chi connectivity index (χ1n) is 5.30. The highest BCUT2D eigenvalue weighted by Gasteiger charge is 2.10. The summed E-state index contributed by atoms with van der Waals surface area (Å²) >= 11 is 6.18. The third-order valence-electron chi connectivity index (χ3n) is 1.91. The van der Waals surface area contributed by atoms with Gasteiger partial charge in [0.25, 0.3) is 0 Å². The molecular formula is C10H12BBrN4O2S2. The second kappa shape index (κ2) is 9.30. The van der Waals surface area contributed by atoms with Crippen molar-refractivity contribution in [1.82, 2.24) is 19.9 Å². The fourth-order valence-electron chi connectivity index (χ4n) is 0.971. The minimum absolute atomic E-state index is 0.308. The quantitative estimate of drug-likeness (QED) is 0.464. The summed E-state index contributed by atoms with van der Waals surface area (Å²) in [7, 11) is -1.48. The molecule has 10 heteroatoms. The number of hydrogen-bond donors (Lipinski definition) is 2. The Hall–Kier alpha value is -0.675. The molecule has 2 N–H and O–H groups in total. The van der Waals surface area contributed by atoms with E-state index in [-0.39, 0.29) is 0 Å². The van der Waals surface area contributed by atoms with Crippen LogP contribution in [0, 0.1) is 0 Å². The van der Waals surface area contributed by atoms with Gasteiger partial charge in [-0.05, 0) is 28.4 Å². The predicted octanol–water partition coefficient (Wildman–Crippen LogP) is 0.839. The zero-order chi connectivity index (χ0) is 15.0. The van der Waals surface area contributed by atoms with Crippen molar-refractivity contribution in [1.29, 1.82) is 0 Å². The Balaban J connectivity index is 0.000000204. The van der Waals surface area contributed by atoms with Gasteiger partial charge in [0.1, 0.15) is 0 Å². The molecule has 2 rings (SSSR count). The van der Waals surface area contributed by atoms with E-state index in [1.165, 1.54) is 35.9 Å². The van der Waals surface area contributed by atoms with Gasteiger partial charge in [-0.2, -0.15) is 0 Å². The minimum atomic E-state index is -1.48. The Morgan fingerprint density at radius 1 is 0.900 bits per heavy atom. The smallest absolute Gasteiger partial charge is 0.423 e. The van der Waals surface area contributed by atoms with Crippen molar-refractivity contribution < 1.29 is 10.0 Å². The van der Waals surface area contributed by atoms with E-state index in [0.29, 0.717) is 10.6 Å². The van der Waals surface area contributed by atoms with Crippen LogP contribution in [0.5, 0.6) is 0 Å². The van der Waals surface area contributed by atoms with Crippen LogP contribution in [-0.2, 0) is 0 Å². The van der Waals surface area contributed by atoms with Gasteiger partial charge in [0.2, 0.25) is 0 Å². The van der Waals surface area contributed by atoms with E-state index in [1.54, 1.807) is 12.4 Å². The lowest BCUT2D eigenvalue weighted by molar-refractivity contribution is 0.425. The molecule has 0 radical (unpaired) electrons. The van der Waals surface area contributed by atoms with E-state index in [0.717, 1.165) is 9.63 Å². The van der Waals surface area contributed by atoms with Crippen LogP contribution in [-0.4, -0.2) is 49.6 Å². The lowest BCUT2D eigenvalue weighted by atomic mass is 9.83. The summed E-state index contributed by atoms with van der Waals surface area (Å²) in [6.07, 6.45) is 10.1. The summed E-state index contributed by atoms with van der Waals surface area (Å²) in [4.78, 5) is 15.7. The Labute approximate surface area is 134 Å². The molecule has 0 fully saturated rings. The standard InChI is InChI=1S/C5H7BN2O2S.C5H5BrN2S/c1-11-5-7-2-4(3-8-5)6(9)10;1-9-5-7-2-4(6)3-8-5/h2-3,9-10H,1H3;2-3H,1H3. The van der Waals surface area contributed by atoms with Gasteiger partial charge in [0.05, 0.1) is 4.47 Å². The van der Waals surface area contributed by atoms with E-state index in [2.05, 4.69) is 35.9 Å². The van der Waals surface area contributed by atoms with Crippen LogP contribution in [0.4, 0.5) is 0 Å². The molecule has 20 heavy (non-hydrogen) atoms. The summed E-state index contributed by atoms with van der Waals surface area (Å²) in [5.74, 6) is 0. The zero-order valence-electron chi connectivity index (χ0n) is 10.8. The third-order valence-corrected chi connectivity index (χ3v) is 3.47. The Morgan fingerprint density at radius 3 is 1.65 bits per heavy atom.